The van der Waals surface area contributed by atoms with E-state index in [4.69, 9.17) is 22.1 Å². The lowest BCUT2D eigenvalue weighted by molar-refractivity contribution is 0.0469. The van der Waals surface area contributed by atoms with E-state index in [0.29, 0.717) is 20.7 Å². The molecule has 104 valence electrons. The van der Waals surface area contributed by atoms with Crippen LogP contribution in [0.1, 0.15) is 15.9 Å². The molecule has 0 saturated heterocycles. The van der Waals surface area contributed by atoms with E-state index in [-0.39, 0.29) is 12.2 Å². The van der Waals surface area contributed by atoms with E-state index < -0.39 is 11.8 Å². The Morgan fingerprint density at radius 3 is 2.75 bits per heavy atom. The lowest BCUT2D eigenvalue weighted by Gasteiger charge is -2.07. The Bertz CT molecular complexity index is 643. The van der Waals surface area contributed by atoms with Gasteiger partial charge in [-0.25, -0.2) is 9.18 Å². The highest BCUT2D eigenvalue weighted by Gasteiger charge is 2.11. The van der Waals surface area contributed by atoms with Crippen LogP contribution in [0.4, 0.5) is 10.1 Å². The molecule has 6 heteroatoms. The predicted octanol–water partition coefficient (Wildman–Crippen LogP) is 4.18. The Morgan fingerprint density at radius 2 is 2.05 bits per heavy atom. The summed E-state index contributed by atoms with van der Waals surface area (Å²) in [6.45, 7) is -0.197. The molecule has 3 nitrogen and oxygen atoms in total. The molecule has 0 radical (unpaired) electrons. The van der Waals surface area contributed by atoms with E-state index in [1.165, 1.54) is 24.3 Å². The van der Waals surface area contributed by atoms with Crippen LogP contribution in [-0.2, 0) is 11.3 Å². The molecule has 0 bridgehead atoms. The first-order valence-corrected chi connectivity index (χ1v) is 6.80. The van der Waals surface area contributed by atoms with Crippen LogP contribution < -0.4 is 5.73 Å². The average Bonchev–Trinajstić information content (AvgIpc) is 2.38. The third-order valence-corrected chi connectivity index (χ3v) is 3.22. The topological polar surface area (TPSA) is 52.3 Å². The van der Waals surface area contributed by atoms with Gasteiger partial charge in [0.05, 0.1) is 5.56 Å². The third kappa shape index (κ3) is 3.71. The fraction of sp³-hybridized carbons (Fsp3) is 0.0714. The first kappa shape index (κ1) is 14.8. The lowest BCUT2D eigenvalue weighted by atomic mass is 10.2. The largest absolute Gasteiger partial charge is 0.457 e. The van der Waals surface area contributed by atoms with Crippen LogP contribution in [0.5, 0.6) is 0 Å². The van der Waals surface area contributed by atoms with E-state index in [1.54, 1.807) is 12.1 Å². The van der Waals surface area contributed by atoms with Gasteiger partial charge in [0.2, 0.25) is 0 Å². The van der Waals surface area contributed by atoms with Crippen LogP contribution in [0.15, 0.2) is 40.9 Å². The number of benzene rings is 2. The van der Waals surface area contributed by atoms with Gasteiger partial charge in [-0.15, -0.1) is 0 Å². The summed E-state index contributed by atoms with van der Waals surface area (Å²) >= 11 is 8.99. The van der Waals surface area contributed by atoms with Crippen LogP contribution >= 0.6 is 27.5 Å². The van der Waals surface area contributed by atoms with Crippen LogP contribution in [-0.4, -0.2) is 5.97 Å². The van der Waals surface area contributed by atoms with E-state index in [0.717, 1.165) is 0 Å². The Balaban J connectivity index is 2.10. The average molecular weight is 359 g/mol. The summed E-state index contributed by atoms with van der Waals surface area (Å²) in [5.41, 5.74) is 6.57. The molecule has 0 spiro atoms. The molecular weight excluding hydrogens is 349 g/mol. The maximum Gasteiger partial charge on any atom is 0.338 e. The summed E-state index contributed by atoms with van der Waals surface area (Å²) in [5, 5.41) is 0.379. The minimum atomic E-state index is -0.586. The normalized spacial score (nSPS) is 10.3. The van der Waals surface area contributed by atoms with Crippen molar-refractivity contribution in [1.82, 2.24) is 0 Å². The van der Waals surface area contributed by atoms with Gasteiger partial charge in [-0.2, -0.15) is 0 Å². The molecule has 0 aromatic heterocycles. The van der Waals surface area contributed by atoms with Gasteiger partial charge in [0.1, 0.15) is 12.4 Å². The zero-order valence-electron chi connectivity index (χ0n) is 10.2. The number of hydrogen-bond donors (Lipinski definition) is 1. The van der Waals surface area contributed by atoms with Crippen molar-refractivity contribution in [3.05, 3.63) is 62.8 Å². The fourth-order valence-electron chi connectivity index (χ4n) is 1.61. The minimum absolute atomic E-state index is 0.197. The molecule has 0 saturated carbocycles. The van der Waals surface area contributed by atoms with Crippen molar-refractivity contribution in [1.29, 1.82) is 0 Å². The first-order valence-electron chi connectivity index (χ1n) is 5.63. The number of hydrogen-bond acceptors (Lipinski definition) is 3. The molecule has 0 fully saturated rings. The zero-order valence-corrected chi connectivity index (χ0v) is 12.5. The van der Waals surface area contributed by atoms with Gasteiger partial charge in [0.25, 0.3) is 0 Å². The van der Waals surface area contributed by atoms with Gasteiger partial charge in [-0.05, 0) is 36.4 Å². The Morgan fingerprint density at radius 1 is 1.30 bits per heavy atom. The molecule has 2 aromatic rings. The lowest BCUT2D eigenvalue weighted by Crippen LogP contribution is -2.07. The van der Waals surface area contributed by atoms with Gasteiger partial charge in [-0.1, -0.05) is 27.5 Å². The van der Waals surface area contributed by atoms with Crippen molar-refractivity contribution < 1.29 is 13.9 Å². The number of halogens is 3. The van der Waals surface area contributed by atoms with Gasteiger partial charge in [-0.3, -0.25) is 0 Å². The van der Waals surface area contributed by atoms with Crippen molar-refractivity contribution in [3.8, 4) is 0 Å². The van der Waals surface area contributed by atoms with Gasteiger partial charge < -0.3 is 10.5 Å². The fourth-order valence-corrected chi connectivity index (χ4v) is 2.32. The second-order valence-corrected chi connectivity index (χ2v) is 5.44. The molecule has 2 N–H and O–H groups in total. The van der Waals surface area contributed by atoms with Gasteiger partial charge in [0.15, 0.2) is 0 Å². The van der Waals surface area contributed by atoms with E-state index >= 15 is 0 Å². The van der Waals surface area contributed by atoms with Crippen molar-refractivity contribution >= 4 is 39.2 Å². The highest BCUT2D eigenvalue weighted by Crippen LogP contribution is 2.19. The quantitative estimate of drug-likeness (QED) is 0.661. The SMILES string of the molecule is Nc1cc(Br)cc(C(=O)OCc2cc(Cl)ccc2F)c1. The summed E-state index contributed by atoms with van der Waals surface area (Å²) in [6, 6.07) is 8.79. The highest BCUT2D eigenvalue weighted by molar-refractivity contribution is 9.10. The summed E-state index contributed by atoms with van der Waals surface area (Å²) in [6.07, 6.45) is 0. The molecule has 0 amide bonds. The standard InChI is InChI=1S/C14H10BrClFNO2/c15-10-3-8(5-12(18)6-10)14(19)20-7-9-4-11(16)1-2-13(9)17/h1-6H,7,18H2. The van der Waals surface area contributed by atoms with Crippen LogP contribution in [0, 0.1) is 5.82 Å². The molecule has 0 aliphatic heterocycles. The van der Waals surface area contributed by atoms with Crippen LogP contribution in [0.25, 0.3) is 0 Å². The van der Waals surface area contributed by atoms with Crippen molar-refractivity contribution in [3.63, 3.8) is 0 Å². The monoisotopic (exact) mass is 357 g/mol. The third-order valence-electron chi connectivity index (χ3n) is 2.52. The first-order chi connectivity index (χ1) is 9.45. The number of nitrogens with two attached hydrogens (primary N) is 1. The van der Waals surface area contributed by atoms with Crippen molar-refractivity contribution in [2.24, 2.45) is 0 Å². The van der Waals surface area contributed by atoms with Gasteiger partial charge in [0, 0.05) is 20.7 Å². The number of carbonyl (C=O) groups excluding carboxylic acids is 1. The Kier molecular flexibility index (Phi) is 4.62. The second-order valence-electron chi connectivity index (χ2n) is 4.09. The summed E-state index contributed by atoms with van der Waals surface area (Å²) in [5.74, 6) is -1.06. The summed E-state index contributed by atoms with van der Waals surface area (Å²) in [4.78, 5) is 11.9. The molecule has 0 heterocycles. The molecule has 0 aliphatic rings. The zero-order chi connectivity index (χ0) is 14.7. The maximum atomic E-state index is 13.5. The van der Waals surface area contributed by atoms with E-state index in [1.807, 2.05) is 0 Å². The summed E-state index contributed by atoms with van der Waals surface area (Å²) in [7, 11) is 0. The Labute approximate surface area is 128 Å². The summed E-state index contributed by atoms with van der Waals surface area (Å²) < 4.78 is 19.2. The van der Waals surface area contributed by atoms with Crippen LogP contribution in [0.3, 0.4) is 0 Å². The minimum Gasteiger partial charge on any atom is -0.457 e. The van der Waals surface area contributed by atoms with Gasteiger partial charge >= 0.3 is 5.97 Å². The molecule has 2 aromatic carbocycles. The number of esters is 1. The predicted molar refractivity (Wildman–Crippen MR) is 79.1 cm³/mol. The van der Waals surface area contributed by atoms with E-state index in [9.17, 15) is 9.18 Å². The van der Waals surface area contributed by atoms with Crippen molar-refractivity contribution in [2.75, 3.05) is 5.73 Å². The number of carbonyl (C=O) groups is 1. The molecule has 20 heavy (non-hydrogen) atoms. The highest BCUT2D eigenvalue weighted by atomic mass is 79.9. The molecule has 2 rings (SSSR count). The smallest absolute Gasteiger partial charge is 0.338 e. The Hall–Kier alpha value is -1.59. The number of nitrogen functional groups attached to an aromatic ring is 1. The molecule has 0 aliphatic carbocycles. The number of ether oxygens (including phenoxy) is 1. The number of rotatable bonds is 3. The molecule has 0 atom stereocenters. The maximum absolute atomic E-state index is 13.5. The molecular formula is C14H10BrClFNO2. The van der Waals surface area contributed by atoms with Crippen molar-refractivity contribution in [2.45, 2.75) is 6.61 Å². The molecule has 0 unspecified atom stereocenters. The van der Waals surface area contributed by atoms with Crippen LogP contribution in [0.2, 0.25) is 5.02 Å². The van der Waals surface area contributed by atoms with E-state index in [2.05, 4.69) is 15.9 Å². The second kappa shape index (κ2) is 6.24. The number of anilines is 1.